The van der Waals surface area contributed by atoms with Gasteiger partial charge >= 0.3 is 151 Å². The summed E-state index contributed by atoms with van der Waals surface area (Å²) in [5.74, 6) is 1.50. The van der Waals surface area contributed by atoms with Crippen molar-refractivity contribution in [1.82, 2.24) is 0 Å². The van der Waals surface area contributed by atoms with Crippen molar-refractivity contribution in [3.63, 3.8) is 0 Å². The SMILES string of the molecule is C1=C[C]2([Zr][C]34C=CC(CC3)C3=CCC=C34)CCC1C1=CCC=C12. The summed E-state index contributed by atoms with van der Waals surface area (Å²) in [5.41, 5.74) is 7.01. The van der Waals surface area contributed by atoms with Gasteiger partial charge in [-0.3, -0.25) is 0 Å². The van der Waals surface area contributed by atoms with Gasteiger partial charge in [0.25, 0.3) is 0 Å². The average Bonchev–Trinajstić information content (AvgIpc) is 3.28. The van der Waals surface area contributed by atoms with E-state index >= 15 is 0 Å². The summed E-state index contributed by atoms with van der Waals surface area (Å²) in [4.78, 5) is 0. The molecule has 4 bridgehead atoms. The molecular weight excluding hydrogens is 355 g/mol. The summed E-state index contributed by atoms with van der Waals surface area (Å²) < 4.78 is 0.979. The van der Waals surface area contributed by atoms with Gasteiger partial charge in [0.05, 0.1) is 0 Å². The molecule has 0 aliphatic heterocycles. The molecule has 4 unspecified atom stereocenters. The molecule has 114 valence electrons. The van der Waals surface area contributed by atoms with Gasteiger partial charge in [-0.1, -0.05) is 0 Å². The van der Waals surface area contributed by atoms with Gasteiger partial charge in [-0.25, -0.2) is 0 Å². The van der Waals surface area contributed by atoms with Gasteiger partial charge in [-0.15, -0.1) is 0 Å². The zero-order chi connectivity index (χ0) is 15.1. The Bertz CT molecular complexity index is 721. The molecule has 1 heteroatoms. The Morgan fingerprint density at radius 2 is 1.26 bits per heavy atom. The molecule has 2 fully saturated rings. The number of fused-ring (bicyclic) bond motifs is 2. The Kier molecular flexibility index (Phi) is 2.65. The van der Waals surface area contributed by atoms with E-state index in [1.807, 2.05) is 0 Å². The summed E-state index contributed by atoms with van der Waals surface area (Å²) in [6, 6.07) is 0. The van der Waals surface area contributed by atoms with Gasteiger partial charge < -0.3 is 0 Å². The number of hydrogen-bond donors (Lipinski definition) is 0. The van der Waals surface area contributed by atoms with E-state index in [9.17, 15) is 0 Å². The van der Waals surface area contributed by atoms with Crippen molar-refractivity contribution in [2.45, 2.75) is 44.8 Å². The molecule has 0 N–H and O–H groups in total. The van der Waals surface area contributed by atoms with Gasteiger partial charge in [0.2, 0.25) is 0 Å². The van der Waals surface area contributed by atoms with Crippen LogP contribution in [0.5, 0.6) is 0 Å². The first-order valence-electron chi connectivity index (χ1n) is 9.30. The summed E-state index contributed by atoms with van der Waals surface area (Å²) in [5, 5.41) is 0. The third kappa shape index (κ3) is 1.66. The minimum atomic E-state index is -0.672. The van der Waals surface area contributed by atoms with Crippen LogP contribution in [-0.2, 0) is 23.2 Å². The molecule has 0 radical (unpaired) electrons. The Morgan fingerprint density at radius 3 is 1.70 bits per heavy atom. The molecule has 23 heavy (non-hydrogen) atoms. The first kappa shape index (κ1) is 13.6. The van der Waals surface area contributed by atoms with Crippen LogP contribution in [0, 0.1) is 11.8 Å². The van der Waals surface area contributed by atoms with Crippen LogP contribution in [0.3, 0.4) is 0 Å². The molecule has 8 aliphatic carbocycles. The fraction of sp³-hybridized carbons (Fsp3) is 0.455. The van der Waals surface area contributed by atoms with Crippen molar-refractivity contribution in [2.24, 2.45) is 11.8 Å². The van der Waals surface area contributed by atoms with Crippen LogP contribution in [0.25, 0.3) is 0 Å². The Balaban J connectivity index is 1.48. The molecule has 0 nitrogen and oxygen atoms in total. The molecule has 0 amide bonds. The molecule has 2 saturated carbocycles. The van der Waals surface area contributed by atoms with Crippen LogP contribution in [0.1, 0.15) is 38.5 Å². The molecule has 0 heterocycles. The summed E-state index contributed by atoms with van der Waals surface area (Å²) in [6.45, 7) is 0. The zero-order valence-electron chi connectivity index (χ0n) is 13.5. The van der Waals surface area contributed by atoms with Crippen LogP contribution in [0.4, 0.5) is 0 Å². The number of allylic oxidation sites excluding steroid dienone is 12. The van der Waals surface area contributed by atoms with E-state index in [2.05, 4.69) is 48.6 Å². The normalized spacial score (nSPS) is 44.5. The van der Waals surface area contributed by atoms with E-state index in [1.165, 1.54) is 38.5 Å². The molecule has 0 aromatic heterocycles. The second kappa shape index (κ2) is 4.48. The molecule has 0 aromatic rings. The van der Waals surface area contributed by atoms with Crippen molar-refractivity contribution in [3.05, 3.63) is 70.9 Å². The fourth-order valence-corrected chi connectivity index (χ4v) is 12.1. The van der Waals surface area contributed by atoms with E-state index < -0.39 is 23.2 Å². The molecule has 8 aliphatic rings. The van der Waals surface area contributed by atoms with Crippen molar-refractivity contribution in [2.75, 3.05) is 0 Å². The van der Waals surface area contributed by atoms with Crippen molar-refractivity contribution in [1.29, 1.82) is 0 Å². The second-order valence-corrected chi connectivity index (χ2v) is 13.1. The van der Waals surface area contributed by atoms with E-state index in [0.717, 1.165) is 11.8 Å². The van der Waals surface area contributed by atoms with E-state index in [-0.39, 0.29) is 0 Å². The standard InChI is InChI=1S/2C11H11.Zr/c2*1-2-10-8-4-6-9(7-5-8)11(10)3-1;/h2*2-4,6,8H,1,5,7H2;. The van der Waals surface area contributed by atoms with Gasteiger partial charge in [0, 0.05) is 0 Å². The maximum atomic E-state index is 2.68. The Hall–Kier alpha value is -0.677. The zero-order valence-corrected chi connectivity index (χ0v) is 16.0. The van der Waals surface area contributed by atoms with Gasteiger partial charge in [-0.2, -0.15) is 0 Å². The van der Waals surface area contributed by atoms with E-state index in [1.54, 1.807) is 22.3 Å². The van der Waals surface area contributed by atoms with Crippen LogP contribution in [-0.4, -0.2) is 0 Å². The summed E-state index contributed by atoms with van der Waals surface area (Å²) >= 11 is -0.672. The van der Waals surface area contributed by atoms with Crippen molar-refractivity contribution < 1.29 is 23.2 Å². The van der Waals surface area contributed by atoms with Crippen LogP contribution < -0.4 is 0 Å². The third-order valence-corrected chi connectivity index (χ3v) is 12.6. The predicted octanol–water partition coefficient (Wildman–Crippen LogP) is 5.86. The van der Waals surface area contributed by atoms with E-state index in [4.69, 9.17) is 0 Å². The molecule has 0 saturated heterocycles. The summed E-state index contributed by atoms with van der Waals surface area (Å²) in [7, 11) is 0. The predicted molar refractivity (Wildman–Crippen MR) is 90.7 cm³/mol. The number of rotatable bonds is 2. The van der Waals surface area contributed by atoms with Crippen LogP contribution in [0.2, 0.25) is 6.25 Å². The average molecular weight is 378 g/mol. The summed E-state index contributed by atoms with van der Waals surface area (Å²) in [6.07, 6.45) is 28.8. The molecule has 0 spiro atoms. The number of hydrogen-bond acceptors (Lipinski definition) is 0. The molecular formula is C22H22Zr. The monoisotopic (exact) mass is 376 g/mol. The minimum absolute atomic E-state index is 0.490. The van der Waals surface area contributed by atoms with Gasteiger partial charge in [0.1, 0.15) is 0 Å². The fourth-order valence-electron chi connectivity index (χ4n) is 6.04. The van der Waals surface area contributed by atoms with Crippen LogP contribution >= 0.6 is 0 Å². The third-order valence-electron chi connectivity index (χ3n) is 7.07. The Labute approximate surface area is 150 Å². The van der Waals surface area contributed by atoms with Gasteiger partial charge in [0.15, 0.2) is 0 Å². The Morgan fingerprint density at radius 1 is 0.739 bits per heavy atom. The van der Waals surface area contributed by atoms with Crippen molar-refractivity contribution >= 4 is 0 Å². The second-order valence-electron chi connectivity index (χ2n) is 8.10. The first-order chi connectivity index (χ1) is 11.3. The first-order valence-corrected chi connectivity index (χ1v) is 11.8. The maximum absolute atomic E-state index is 2.68. The van der Waals surface area contributed by atoms with Crippen molar-refractivity contribution in [3.8, 4) is 0 Å². The molecule has 0 aromatic carbocycles. The van der Waals surface area contributed by atoms with Gasteiger partial charge in [-0.05, 0) is 0 Å². The molecule has 8 rings (SSSR count). The quantitative estimate of drug-likeness (QED) is 0.529. The van der Waals surface area contributed by atoms with E-state index in [0.29, 0.717) is 6.25 Å². The van der Waals surface area contributed by atoms with Crippen LogP contribution in [0.15, 0.2) is 70.9 Å². The molecule has 4 atom stereocenters. The topological polar surface area (TPSA) is 0 Å².